The summed E-state index contributed by atoms with van der Waals surface area (Å²) < 4.78 is 12.4. The molecule has 1 amide bonds. The van der Waals surface area contributed by atoms with Crippen molar-refractivity contribution in [2.45, 2.75) is 19.9 Å². The lowest BCUT2D eigenvalue weighted by atomic mass is 10.1. The highest BCUT2D eigenvalue weighted by molar-refractivity contribution is 8.18. The summed E-state index contributed by atoms with van der Waals surface area (Å²) in [6.45, 7) is 2.54. The molecule has 1 N–H and O–H groups in total. The van der Waals surface area contributed by atoms with Gasteiger partial charge in [-0.1, -0.05) is 37.3 Å². The van der Waals surface area contributed by atoms with Crippen molar-refractivity contribution in [2.75, 3.05) is 7.11 Å². The first kappa shape index (κ1) is 22.7. The third-order valence-corrected chi connectivity index (χ3v) is 6.62. The second-order valence-corrected chi connectivity index (χ2v) is 9.02. The van der Waals surface area contributed by atoms with E-state index >= 15 is 0 Å². The molecule has 2 aromatic carbocycles. The number of carbonyl (C=O) groups is 2. The summed E-state index contributed by atoms with van der Waals surface area (Å²) >= 11 is 1.32. The van der Waals surface area contributed by atoms with Gasteiger partial charge in [0.05, 0.1) is 24.2 Å². The van der Waals surface area contributed by atoms with Crippen LogP contribution in [0, 0.1) is 0 Å². The van der Waals surface area contributed by atoms with Gasteiger partial charge in [-0.15, -0.1) is 0 Å². The second-order valence-electron chi connectivity index (χ2n) is 7.99. The summed E-state index contributed by atoms with van der Waals surface area (Å²) in [6, 6.07) is 19.3. The fraction of sp³-hybridized carbons (Fsp3) is 0.148. The highest BCUT2D eigenvalue weighted by Gasteiger charge is 2.24. The number of carbonyl (C=O) groups excluding carboxylic acids is 2. The van der Waals surface area contributed by atoms with E-state index in [1.807, 2.05) is 65.4 Å². The Morgan fingerprint density at radius 3 is 2.71 bits per heavy atom. The molecule has 0 atom stereocenters. The van der Waals surface area contributed by atoms with E-state index < -0.39 is 5.97 Å². The van der Waals surface area contributed by atoms with Gasteiger partial charge in [0.1, 0.15) is 5.76 Å². The van der Waals surface area contributed by atoms with Crippen molar-refractivity contribution in [1.82, 2.24) is 9.88 Å². The lowest BCUT2D eigenvalue weighted by Gasteiger charge is -2.02. The number of esters is 1. The molecule has 3 heterocycles. The van der Waals surface area contributed by atoms with Crippen LogP contribution in [0.3, 0.4) is 0 Å². The molecule has 7 nitrogen and oxygen atoms in total. The third kappa shape index (κ3) is 4.79. The minimum absolute atomic E-state index is 0.163. The van der Waals surface area contributed by atoms with E-state index in [2.05, 4.69) is 17.2 Å². The zero-order valence-corrected chi connectivity index (χ0v) is 20.1. The molecule has 4 aromatic rings. The standard InChI is InChI=1S/C27H23N3O4S/c1-3-17-8-10-19(11-9-17)28-27-29-25(31)24(35-27)14-18-15-30(22-7-5-4-6-21(18)22)16-20-12-13-23(34-20)26(32)33-2/h4-15H,3,16H2,1-2H3,(H,28,29,31)/b24-14-. The van der Waals surface area contributed by atoms with Crippen LogP contribution < -0.4 is 5.32 Å². The normalized spacial score (nSPS) is 15.8. The Labute approximate surface area is 206 Å². The molecule has 1 saturated heterocycles. The summed E-state index contributed by atoms with van der Waals surface area (Å²) in [5.41, 5.74) is 3.94. The maximum atomic E-state index is 12.7. The molecule has 0 unspecified atom stereocenters. The number of hydrogen-bond acceptors (Lipinski definition) is 6. The van der Waals surface area contributed by atoms with Crippen molar-refractivity contribution in [3.05, 3.63) is 94.4 Å². The van der Waals surface area contributed by atoms with Crippen LogP contribution in [0.25, 0.3) is 17.0 Å². The first-order chi connectivity index (χ1) is 17.0. The quantitative estimate of drug-likeness (QED) is 0.287. The number of nitrogens with zero attached hydrogens (tertiary/aromatic N) is 2. The number of rotatable bonds is 6. The fourth-order valence-corrected chi connectivity index (χ4v) is 4.74. The number of aryl methyl sites for hydroxylation is 1. The number of ether oxygens (including phenoxy) is 1. The van der Waals surface area contributed by atoms with Crippen LogP contribution in [0.5, 0.6) is 0 Å². The summed E-state index contributed by atoms with van der Waals surface area (Å²) in [5, 5.41) is 4.42. The molecular formula is C27H23N3O4S. The Morgan fingerprint density at radius 2 is 1.94 bits per heavy atom. The van der Waals surface area contributed by atoms with Crippen LogP contribution in [0.1, 0.15) is 34.4 Å². The van der Waals surface area contributed by atoms with Crippen molar-refractivity contribution in [3.8, 4) is 0 Å². The first-order valence-corrected chi connectivity index (χ1v) is 12.0. The smallest absolute Gasteiger partial charge is 0.373 e. The van der Waals surface area contributed by atoms with E-state index in [9.17, 15) is 9.59 Å². The molecular weight excluding hydrogens is 462 g/mol. The molecule has 35 heavy (non-hydrogen) atoms. The average Bonchev–Trinajstić information content (AvgIpc) is 3.58. The number of aromatic nitrogens is 1. The van der Waals surface area contributed by atoms with Crippen molar-refractivity contribution >= 4 is 51.5 Å². The number of furan rings is 1. The summed E-state index contributed by atoms with van der Waals surface area (Å²) in [7, 11) is 1.32. The van der Waals surface area contributed by atoms with Gasteiger partial charge in [-0.05, 0) is 60.2 Å². The number of thioether (sulfide) groups is 1. The van der Waals surface area contributed by atoms with Gasteiger partial charge in [0, 0.05) is 22.7 Å². The molecule has 5 rings (SSSR count). The monoisotopic (exact) mass is 485 g/mol. The predicted octanol–water partition coefficient (Wildman–Crippen LogP) is 5.52. The Bertz CT molecular complexity index is 1480. The maximum Gasteiger partial charge on any atom is 0.373 e. The average molecular weight is 486 g/mol. The zero-order chi connectivity index (χ0) is 24.4. The van der Waals surface area contributed by atoms with E-state index in [1.54, 1.807) is 12.1 Å². The molecule has 1 fully saturated rings. The number of benzene rings is 2. The van der Waals surface area contributed by atoms with Gasteiger partial charge in [-0.2, -0.15) is 0 Å². The lowest BCUT2D eigenvalue weighted by molar-refractivity contribution is -0.115. The number of aliphatic imine (C=N–C) groups is 1. The zero-order valence-electron chi connectivity index (χ0n) is 19.3. The third-order valence-electron chi connectivity index (χ3n) is 5.71. The number of nitrogens with one attached hydrogen (secondary N) is 1. The molecule has 2 aromatic heterocycles. The highest BCUT2D eigenvalue weighted by atomic mass is 32.2. The minimum atomic E-state index is -0.512. The summed E-state index contributed by atoms with van der Waals surface area (Å²) in [6.07, 6.45) is 4.82. The van der Waals surface area contributed by atoms with Crippen LogP contribution in [0.2, 0.25) is 0 Å². The van der Waals surface area contributed by atoms with Crippen LogP contribution in [0.15, 0.2) is 81.2 Å². The Balaban J connectivity index is 1.42. The molecule has 8 heteroatoms. The predicted molar refractivity (Wildman–Crippen MR) is 138 cm³/mol. The SMILES string of the molecule is CCc1ccc(N=C2NC(=O)/C(=C/c3cn(Cc4ccc(C(=O)OC)o4)c4ccccc34)S2)cc1. The molecule has 1 aliphatic rings. The van der Waals surface area contributed by atoms with E-state index in [0.29, 0.717) is 22.4 Å². The number of para-hydroxylation sites is 1. The molecule has 0 aliphatic carbocycles. The van der Waals surface area contributed by atoms with Crippen molar-refractivity contribution < 1.29 is 18.7 Å². The molecule has 1 aliphatic heterocycles. The molecule has 0 saturated carbocycles. The summed E-state index contributed by atoms with van der Waals surface area (Å²) in [5.74, 6) is 0.102. The van der Waals surface area contributed by atoms with Gasteiger partial charge in [-0.25, -0.2) is 9.79 Å². The van der Waals surface area contributed by atoms with Crippen LogP contribution in [-0.4, -0.2) is 28.7 Å². The van der Waals surface area contributed by atoms with Crippen LogP contribution in [-0.2, 0) is 22.5 Å². The number of amidine groups is 1. The largest absolute Gasteiger partial charge is 0.463 e. The number of hydrogen-bond donors (Lipinski definition) is 1. The fourth-order valence-electron chi connectivity index (χ4n) is 3.91. The van der Waals surface area contributed by atoms with Gasteiger partial charge in [-0.3, -0.25) is 4.79 Å². The van der Waals surface area contributed by atoms with E-state index in [1.165, 1.54) is 24.4 Å². The van der Waals surface area contributed by atoms with E-state index in [-0.39, 0.29) is 11.7 Å². The molecule has 0 radical (unpaired) electrons. The van der Waals surface area contributed by atoms with Gasteiger partial charge in [0.15, 0.2) is 5.17 Å². The Hall–Kier alpha value is -4.04. The topological polar surface area (TPSA) is 85.8 Å². The second kappa shape index (κ2) is 9.68. The van der Waals surface area contributed by atoms with Gasteiger partial charge >= 0.3 is 5.97 Å². The van der Waals surface area contributed by atoms with Crippen molar-refractivity contribution in [2.24, 2.45) is 4.99 Å². The van der Waals surface area contributed by atoms with Crippen molar-refractivity contribution in [1.29, 1.82) is 0 Å². The van der Waals surface area contributed by atoms with Gasteiger partial charge in [0.25, 0.3) is 5.91 Å². The van der Waals surface area contributed by atoms with E-state index in [0.717, 1.165) is 28.6 Å². The Kier molecular flexibility index (Phi) is 6.29. The first-order valence-electron chi connectivity index (χ1n) is 11.2. The van der Waals surface area contributed by atoms with E-state index in [4.69, 9.17) is 9.15 Å². The Morgan fingerprint density at radius 1 is 1.14 bits per heavy atom. The van der Waals surface area contributed by atoms with Gasteiger partial charge in [0.2, 0.25) is 5.76 Å². The molecule has 0 spiro atoms. The van der Waals surface area contributed by atoms with Crippen LogP contribution in [0.4, 0.5) is 5.69 Å². The number of methoxy groups -OCH3 is 1. The maximum absolute atomic E-state index is 12.7. The molecule has 0 bridgehead atoms. The number of amides is 1. The summed E-state index contributed by atoms with van der Waals surface area (Å²) in [4.78, 5) is 29.5. The van der Waals surface area contributed by atoms with Gasteiger partial charge < -0.3 is 19.0 Å². The highest BCUT2D eigenvalue weighted by Crippen LogP contribution is 2.31. The lowest BCUT2D eigenvalue weighted by Crippen LogP contribution is -2.19. The van der Waals surface area contributed by atoms with Crippen LogP contribution >= 0.6 is 11.8 Å². The minimum Gasteiger partial charge on any atom is -0.463 e. The molecule has 176 valence electrons. The van der Waals surface area contributed by atoms with Crippen molar-refractivity contribution in [3.63, 3.8) is 0 Å². The number of fused-ring (bicyclic) bond motifs is 1.